The number of nitrogens with two attached hydrogens (primary N) is 1. The third kappa shape index (κ3) is 39.5. The second-order valence-corrected chi connectivity index (χ2v) is 15.5. The molecule has 0 bridgehead atoms. The number of hydrogen-bond donors (Lipinski definition) is 3. The maximum absolute atomic E-state index is 12.6. The molecule has 0 fully saturated rings. The van der Waals surface area contributed by atoms with E-state index in [0.717, 1.165) is 89.9 Å². The largest absolute Gasteiger partial charge is 0.480 e. The Hall–Kier alpha value is -3.34. The zero-order chi connectivity index (χ0) is 42.8. The molecule has 58 heavy (non-hydrogen) atoms. The van der Waals surface area contributed by atoms with Crippen molar-refractivity contribution in [1.29, 1.82) is 0 Å². The Kier molecular flexibility index (Phi) is 38.1. The highest BCUT2D eigenvalue weighted by Gasteiger charge is 2.28. The first-order valence-corrected chi connectivity index (χ1v) is 23.1. The zero-order valence-electron chi connectivity index (χ0n) is 35.6. The number of allylic oxidation sites excluding steroid dienone is 14. The van der Waals surface area contributed by atoms with Gasteiger partial charge in [-0.3, -0.25) is 23.4 Å². The molecule has 0 aliphatic rings. The van der Waals surface area contributed by atoms with Gasteiger partial charge in [-0.1, -0.05) is 137 Å². The van der Waals surface area contributed by atoms with Crippen LogP contribution in [0.25, 0.3) is 0 Å². The number of phosphoric ester groups is 1. The van der Waals surface area contributed by atoms with Crippen LogP contribution in [0.4, 0.5) is 0 Å². The molecule has 12 heteroatoms. The van der Waals surface area contributed by atoms with E-state index in [1.165, 1.54) is 25.7 Å². The van der Waals surface area contributed by atoms with E-state index in [2.05, 4.69) is 103 Å². The minimum Gasteiger partial charge on any atom is -0.480 e. The van der Waals surface area contributed by atoms with Gasteiger partial charge in [0.1, 0.15) is 12.6 Å². The summed E-state index contributed by atoms with van der Waals surface area (Å²) in [5, 5.41) is 8.89. The third-order valence-electron chi connectivity index (χ3n) is 8.63. The van der Waals surface area contributed by atoms with Gasteiger partial charge in [0.25, 0.3) is 0 Å². The molecule has 0 aliphatic heterocycles. The summed E-state index contributed by atoms with van der Waals surface area (Å²) in [5.41, 5.74) is 5.33. The summed E-state index contributed by atoms with van der Waals surface area (Å²) in [5.74, 6) is -2.45. The lowest BCUT2D eigenvalue weighted by molar-refractivity contribution is -0.161. The van der Waals surface area contributed by atoms with Crippen molar-refractivity contribution < 1.29 is 47.5 Å². The van der Waals surface area contributed by atoms with Crippen LogP contribution >= 0.6 is 7.82 Å². The number of ether oxygens (including phenoxy) is 2. The number of hydrogen-bond acceptors (Lipinski definition) is 9. The highest BCUT2D eigenvalue weighted by molar-refractivity contribution is 7.47. The van der Waals surface area contributed by atoms with Gasteiger partial charge in [-0.25, -0.2) is 4.57 Å². The number of carboxylic acids is 1. The van der Waals surface area contributed by atoms with E-state index in [-0.39, 0.29) is 19.4 Å². The topological polar surface area (TPSA) is 172 Å². The van der Waals surface area contributed by atoms with Gasteiger partial charge in [-0.2, -0.15) is 0 Å². The lowest BCUT2D eigenvalue weighted by Crippen LogP contribution is -2.34. The predicted molar refractivity (Wildman–Crippen MR) is 235 cm³/mol. The number of rotatable bonds is 39. The number of carboxylic acid groups (broad SMARTS) is 1. The number of carbonyl (C=O) groups excluding carboxylic acids is 2. The van der Waals surface area contributed by atoms with Crippen LogP contribution in [0.2, 0.25) is 0 Å². The Balaban J connectivity index is 4.47. The van der Waals surface area contributed by atoms with Crippen LogP contribution in [0, 0.1) is 0 Å². The Morgan fingerprint density at radius 2 is 0.966 bits per heavy atom. The highest BCUT2D eigenvalue weighted by atomic mass is 31.2. The predicted octanol–water partition coefficient (Wildman–Crippen LogP) is 11.5. The number of unbranched alkanes of at least 4 members (excludes halogenated alkanes) is 11. The molecule has 0 saturated carbocycles. The fourth-order valence-corrected chi connectivity index (χ4v) is 6.02. The van der Waals surface area contributed by atoms with Crippen molar-refractivity contribution in [3.8, 4) is 0 Å². The lowest BCUT2D eigenvalue weighted by atomic mass is 10.1. The molecule has 0 aliphatic carbocycles. The molecule has 0 spiro atoms. The maximum Gasteiger partial charge on any atom is 0.472 e. The molecule has 0 radical (unpaired) electrons. The fraction of sp³-hybridized carbons (Fsp3) is 0.630. The first-order chi connectivity index (χ1) is 28.1. The number of phosphoric acid groups is 1. The Morgan fingerprint density at radius 1 is 0.552 bits per heavy atom. The van der Waals surface area contributed by atoms with E-state index in [9.17, 15) is 23.8 Å². The van der Waals surface area contributed by atoms with E-state index >= 15 is 0 Å². The number of aliphatic carboxylic acids is 1. The molecule has 0 amide bonds. The van der Waals surface area contributed by atoms with Crippen molar-refractivity contribution in [1.82, 2.24) is 0 Å². The molecule has 0 saturated heterocycles. The van der Waals surface area contributed by atoms with Crippen LogP contribution in [0.5, 0.6) is 0 Å². The highest BCUT2D eigenvalue weighted by Crippen LogP contribution is 2.43. The first kappa shape index (κ1) is 54.7. The standard InChI is InChI=1S/C46H76NO10P/c1-3-5-7-9-11-13-15-17-19-20-21-22-24-25-27-29-31-33-35-37-44(48)54-39-42(40-55-58(52,53)56-41-43(47)46(50)51)57-45(49)38-36-34-32-30-28-26-23-18-16-14-12-10-8-6-4-2/h6,8,11-14,17-19,21-23,25,27,42-43H,3-5,7,9-10,15-16,20,24,26,28-41,47H2,1-2H3,(H,50,51)(H,52,53)/b8-6+,13-11+,14-12+,19-17+,22-21+,23-18+,27-25+/t42-,43+/m1/s1. The fourth-order valence-electron chi connectivity index (χ4n) is 5.24. The Bertz CT molecular complexity index is 1300. The summed E-state index contributed by atoms with van der Waals surface area (Å²) >= 11 is 0. The van der Waals surface area contributed by atoms with Gasteiger partial charge >= 0.3 is 25.7 Å². The monoisotopic (exact) mass is 834 g/mol. The molecular weight excluding hydrogens is 757 g/mol. The first-order valence-electron chi connectivity index (χ1n) is 21.6. The van der Waals surface area contributed by atoms with Gasteiger partial charge in [0.15, 0.2) is 6.10 Å². The summed E-state index contributed by atoms with van der Waals surface area (Å²) in [7, 11) is -4.73. The summed E-state index contributed by atoms with van der Waals surface area (Å²) in [4.78, 5) is 45.9. The van der Waals surface area contributed by atoms with Gasteiger partial charge in [0, 0.05) is 12.8 Å². The molecule has 0 aromatic heterocycles. The molecule has 0 rings (SSSR count). The van der Waals surface area contributed by atoms with Crippen LogP contribution < -0.4 is 5.73 Å². The molecule has 1 unspecified atom stereocenters. The quantitative estimate of drug-likeness (QED) is 0.0233. The second kappa shape index (κ2) is 40.4. The molecule has 0 aromatic rings. The van der Waals surface area contributed by atoms with Gasteiger partial charge < -0.3 is 25.2 Å². The van der Waals surface area contributed by atoms with Crippen molar-refractivity contribution in [2.75, 3.05) is 19.8 Å². The SMILES string of the molecule is CC/C=C/C/C=C/C/C=C/CCCCCCCC(=O)O[C@H](COC(=O)CCCCC/C=C/C/C=C/C/C=C/C/C=C/CCCCC)COP(=O)(O)OC[C@H](N)C(=O)O. The third-order valence-corrected chi connectivity index (χ3v) is 9.58. The average Bonchev–Trinajstić information content (AvgIpc) is 3.20. The average molecular weight is 834 g/mol. The van der Waals surface area contributed by atoms with Crippen molar-refractivity contribution in [3.63, 3.8) is 0 Å². The van der Waals surface area contributed by atoms with E-state index in [0.29, 0.717) is 12.8 Å². The van der Waals surface area contributed by atoms with Gasteiger partial charge in [-0.15, -0.1) is 0 Å². The van der Waals surface area contributed by atoms with E-state index in [1.54, 1.807) is 0 Å². The van der Waals surface area contributed by atoms with Crippen LogP contribution in [0.15, 0.2) is 85.1 Å². The van der Waals surface area contributed by atoms with E-state index < -0.39 is 51.1 Å². The van der Waals surface area contributed by atoms with Gasteiger partial charge in [-0.05, 0) is 89.9 Å². The summed E-state index contributed by atoms with van der Waals surface area (Å²) in [6.45, 7) is 2.59. The van der Waals surface area contributed by atoms with Gasteiger partial charge in [0.2, 0.25) is 0 Å². The van der Waals surface area contributed by atoms with E-state index in [4.69, 9.17) is 24.8 Å². The molecule has 0 aromatic carbocycles. The van der Waals surface area contributed by atoms with Crippen molar-refractivity contribution in [2.24, 2.45) is 5.73 Å². The van der Waals surface area contributed by atoms with Gasteiger partial charge in [0.05, 0.1) is 13.2 Å². The molecule has 330 valence electrons. The van der Waals surface area contributed by atoms with Crippen LogP contribution in [-0.2, 0) is 37.5 Å². The second-order valence-electron chi connectivity index (χ2n) is 14.1. The lowest BCUT2D eigenvalue weighted by Gasteiger charge is -2.20. The van der Waals surface area contributed by atoms with Crippen molar-refractivity contribution >= 4 is 25.7 Å². The summed E-state index contributed by atoms with van der Waals surface area (Å²) in [6, 6.07) is -1.53. The van der Waals surface area contributed by atoms with Crippen LogP contribution in [0.1, 0.15) is 155 Å². The molecule has 4 N–H and O–H groups in total. The summed E-state index contributed by atoms with van der Waals surface area (Å²) < 4.78 is 32.6. The Morgan fingerprint density at radius 3 is 1.47 bits per heavy atom. The Labute approximate surface area is 350 Å². The molecular formula is C46H76NO10P. The number of esters is 2. The molecule has 0 heterocycles. The minimum atomic E-state index is -4.73. The zero-order valence-corrected chi connectivity index (χ0v) is 36.5. The number of carbonyl (C=O) groups is 3. The smallest absolute Gasteiger partial charge is 0.472 e. The molecule has 11 nitrogen and oxygen atoms in total. The van der Waals surface area contributed by atoms with Crippen LogP contribution in [-0.4, -0.2) is 59.9 Å². The van der Waals surface area contributed by atoms with E-state index in [1.807, 2.05) is 0 Å². The summed E-state index contributed by atoms with van der Waals surface area (Å²) in [6.07, 6.45) is 49.3. The molecule has 3 atom stereocenters. The maximum atomic E-state index is 12.6. The van der Waals surface area contributed by atoms with Crippen molar-refractivity contribution in [2.45, 2.75) is 167 Å². The minimum absolute atomic E-state index is 0.129. The van der Waals surface area contributed by atoms with Crippen molar-refractivity contribution in [3.05, 3.63) is 85.1 Å². The van der Waals surface area contributed by atoms with Crippen LogP contribution in [0.3, 0.4) is 0 Å². The normalized spacial score (nSPS) is 14.6.